The fourth-order valence-electron chi connectivity index (χ4n) is 4.03. The molecule has 1 aliphatic heterocycles. The minimum Gasteiger partial charge on any atom is -0.268 e. The molecule has 0 amide bonds. The topological polar surface area (TPSA) is 86.8 Å². The van der Waals surface area contributed by atoms with Crippen molar-refractivity contribution in [2.24, 2.45) is 0 Å². The molecular formula is C22H18BrFN4O3S. The summed E-state index contributed by atoms with van der Waals surface area (Å²) in [5, 5.41) is 4.67. The molecule has 0 unspecified atom stereocenters. The first kappa shape index (κ1) is 21.0. The molecule has 0 atom stereocenters. The molecular weight excluding hydrogens is 499 g/mol. The Kier molecular flexibility index (Phi) is 5.21. The summed E-state index contributed by atoms with van der Waals surface area (Å²) >= 11 is 3.39. The zero-order chi connectivity index (χ0) is 22.5. The number of rotatable bonds is 3. The first-order valence-electron chi connectivity index (χ1n) is 10.1. The van der Waals surface area contributed by atoms with E-state index in [2.05, 4.69) is 21.0 Å². The van der Waals surface area contributed by atoms with Crippen molar-refractivity contribution in [3.8, 4) is 17.1 Å². The van der Waals surface area contributed by atoms with E-state index >= 15 is 0 Å². The zero-order valence-corrected chi connectivity index (χ0v) is 19.2. The van der Waals surface area contributed by atoms with Gasteiger partial charge in [0.2, 0.25) is 0 Å². The molecule has 3 heterocycles. The first-order chi connectivity index (χ1) is 15.3. The van der Waals surface area contributed by atoms with Crippen molar-refractivity contribution < 1.29 is 12.8 Å². The van der Waals surface area contributed by atoms with Gasteiger partial charge in [-0.2, -0.15) is 5.10 Å². The molecule has 0 spiro atoms. The van der Waals surface area contributed by atoms with Crippen LogP contribution in [0.5, 0.6) is 0 Å². The number of hydrogen-bond acceptors (Lipinski definition) is 5. The normalized spacial score (nSPS) is 16.4. The molecule has 32 heavy (non-hydrogen) atoms. The predicted octanol–water partition coefficient (Wildman–Crippen LogP) is 3.90. The lowest BCUT2D eigenvalue weighted by Crippen LogP contribution is -2.27. The molecule has 1 saturated heterocycles. The molecule has 164 valence electrons. The van der Waals surface area contributed by atoms with Crippen molar-refractivity contribution in [3.05, 3.63) is 75.4 Å². The van der Waals surface area contributed by atoms with Crippen LogP contribution in [0.3, 0.4) is 0 Å². The van der Waals surface area contributed by atoms with Crippen molar-refractivity contribution in [3.63, 3.8) is 0 Å². The Balaban J connectivity index is 1.76. The van der Waals surface area contributed by atoms with Gasteiger partial charge in [0.25, 0.3) is 5.56 Å². The predicted molar refractivity (Wildman–Crippen MR) is 123 cm³/mol. The Morgan fingerprint density at radius 2 is 1.72 bits per heavy atom. The molecule has 0 aliphatic carbocycles. The van der Waals surface area contributed by atoms with Crippen molar-refractivity contribution >= 4 is 36.8 Å². The van der Waals surface area contributed by atoms with Gasteiger partial charge in [-0.3, -0.25) is 9.36 Å². The molecule has 1 fully saturated rings. The van der Waals surface area contributed by atoms with Gasteiger partial charge >= 0.3 is 0 Å². The molecule has 0 N–H and O–H groups in total. The maximum atomic E-state index is 14.8. The van der Waals surface area contributed by atoms with Crippen molar-refractivity contribution in [2.75, 3.05) is 11.5 Å². The van der Waals surface area contributed by atoms with E-state index in [1.54, 1.807) is 47.1 Å². The Hall–Kier alpha value is -2.85. The Morgan fingerprint density at radius 1 is 1.03 bits per heavy atom. The maximum absolute atomic E-state index is 14.8. The fourth-order valence-corrected chi connectivity index (χ4v) is 5.76. The summed E-state index contributed by atoms with van der Waals surface area (Å²) in [5.41, 5.74) is 0.687. The molecule has 0 saturated carbocycles. The number of halogens is 2. The summed E-state index contributed by atoms with van der Waals surface area (Å²) in [6.07, 6.45) is 2.24. The molecule has 10 heteroatoms. The third-order valence-electron chi connectivity index (χ3n) is 5.70. The van der Waals surface area contributed by atoms with Gasteiger partial charge in [-0.25, -0.2) is 22.5 Å². The zero-order valence-electron chi connectivity index (χ0n) is 16.8. The quantitative estimate of drug-likeness (QED) is 0.412. The second-order valence-corrected chi connectivity index (χ2v) is 11.0. The fraction of sp³-hybridized carbons (Fsp3) is 0.227. The van der Waals surface area contributed by atoms with Crippen LogP contribution >= 0.6 is 15.9 Å². The lowest BCUT2D eigenvalue weighted by molar-refractivity contribution is 0.422. The lowest BCUT2D eigenvalue weighted by Gasteiger charge is -2.23. The second kappa shape index (κ2) is 7.93. The van der Waals surface area contributed by atoms with Gasteiger partial charge in [-0.05, 0) is 49.2 Å². The number of nitrogens with zero attached hydrogens (tertiary/aromatic N) is 4. The van der Waals surface area contributed by atoms with Crippen LogP contribution in [-0.4, -0.2) is 39.3 Å². The smallest absolute Gasteiger partial charge is 0.268 e. The summed E-state index contributed by atoms with van der Waals surface area (Å²) < 4.78 is 42.3. The SMILES string of the molecule is O=c1c2cnn(C3CCS(=O)(=O)CC3)c2nc(-c2ccccc2F)n1-c1ccc(Br)cc1. The molecule has 1 aliphatic rings. The Labute approximate surface area is 191 Å². The molecule has 5 rings (SSSR count). The monoisotopic (exact) mass is 516 g/mol. The van der Waals surface area contributed by atoms with Crippen molar-refractivity contribution in [2.45, 2.75) is 18.9 Å². The van der Waals surface area contributed by atoms with Gasteiger partial charge in [0.15, 0.2) is 11.5 Å². The highest BCUT2D eigenvalue weighted by Gasteiger charge is 2.28. The largest absolute Gasteiger partial charge is 0.269 e. The number of benzene rings is 2. The molecule has 0 radical (unpaired) electrons. The van der Waals surface area contributed by atoms with E-state index in [9.17, 15) is 17.6 Å². The van der Waals surface area contributed by atoms with Crippen molar-refractivity contribution in [1.82, 2.24) is 19.3 Å². The molecule has 7 nitrogen and oxygen atoms in total. The number of fused-ring (bicyclic) bond motifs is 1. The van der Waals surface area contributed by atoms with E-state index in [1.165, 1.54) is 16.8 Å². The van der Waals surface area contributed by atoms with Crippen LogP contribution in [0, 0.1) is 5.82 Å². The van der Waals surface area contributed by atoms with E-state index < -0.39 is 15.7 Å². The van der Waals surface area contributed by atoms with E-state index in [4.69, 9.17) is 4.98 Å². The van der Waals surface area contributed by atoms with Gasteiger partial charge in [-0.15, -0.1) is 0 Å². The van der Waals surface area contributed by atoms with Crippen LogP contribution in [0.1, 0.15) is 18.9 Å². The standard InChI is InChI=1S/C22H18BrFN4O3S/c23-14-5-7-15(8-6-14)27-20(17-3-1-2-4-19(17)24)26-21-18(22(27)29)13-25-28(21)16-9-11-32(30,31)12-10-16/h1-8,13,16H,9-12H2. The molecule has 0 bridgehead atoms. The van der Waals surface area contributed by atoms with Crippen molar-refractivity contribution in [1.29, 1.82) is 0 Å². The van der Waals surface area contributed by atoms with Gasteiger partial charge in [0.05, 0.1) is 35.0 Å². The summed E-state index contributed by atoms with van der Waals surface area (Å²) in [6.45, 7) is 0. The van der Waals surface area contributed by atoms with Gasteiger partial charge in [-0.1, -0.05) is 28.1 Å². The van der Waals surface area contributed by atoms with Crippen LogP contribution in [-0.2, 0) is 9.84 Å². The summed E-state index contributed by atoms with van der Waals surface area (Å²) in [4.78, 5) is 18.3. The summed E-state index contributed by atoms with van der Waals surface area (Å²) in [5.74, 6) is -0.211. The first-order valence-corrected chi connectivity index (χ1v) is 12.7. The van der Waals surface area contributed by atoms with E-state index in [-0.39, 0.29) is 34.5 Å². The maximum Gasteiger partial charge on any atom is 0.269 e. The van der Waals surface area contributed by atoms with Gasteiger partial charge in [0, 0.05) is 4.47 Å². The highest BCUT2D eigenvalue weighted by Crippen LogP contribution is 2.29. The molecule has 4 aromatic rings. The molecule has 2 aromatic carbocycles. The number of sulfone groups is 1. The second-order valence-electron chi connectivity index (χ2n) is 7.74. The van der Waals surface area contributed by atoms with Gasteiger partial charge < -0.3 is 0 Å². The van der Waals surface area contributed by atoms with Crippen LogP contribution in [0.25, 0.3) is 28.1 Å². The Bertz CT molecular complexity index is 1480. The van der Waals surface area contributed by atoms with E-state index in [1.807, 2.05) is 0 Å². The third-order valence-corrected chi connectivity index (χ3v) is 7.94. The van der Waals surface area contributed by atoms with Crippen LogP contribution < -0.4 is 5.56 Å². The summed E-state index contributed by atoms with van der Waals surface area (Å²) in [7, 11) is -3.05. The highest BCUT2D eigenvalue weighted by atomic mass is 79.9. The van der Waals surface area contributed by atoms with Crippen LogP contribution in [0.15, 0.2) is 64.0 Å². The number of aromatic nitrogens is 4. The summed E-state index contributed by atoms with van der Waals surface area (Å²) in [6, 6.07) is 13.1. The minimum atomic E-state index is -3.05. The third kappa shape index (κ3) is 3.67. The molecule has 2 aromatic heterocycles. The Morgan fingerprint density at radius 3 is 2.41 bits per heavy atom. The van der Waals surface area contributed by atoms with Gasteiger partial charge in [0.1, 0.15) is 21.0 Å². The van der Waals surface area contributed by atoms with E-state index in [0.29, 0.717) is 29.6 Å². The number of hydrogen-bond donors (Lipinski definition) is 0. The highest BCUT2D eigenvalue weighted by molar-refractivity contribution is 9.10. The average Bonchev–Trinajstić information content (AvgIpc) is 3.19. The minimum absolute atomic E-state index is 0.0646. The average molecular weight is 517 g/mol. The van der Waals surface area contributed by atoms with Crippen LogP contribution in [0.2, 0.25) is 0 Å². The van der Waals surface area contributed by atoms with E-state index in [0.717, 1.165) is 4.47 Å². The lowest BCUT2D eigenvalue weighted by atomic mass is 10.1. The van der Waals surface area contributed by atoms with Crippen LogP contribution in [0.4, 0.5) is 4.39 Å².